The number of nitrogens with zero attached hydrogens (tertiary/aromatic N) is 2. The van der Waals surface area contributed by atoms with Crippen LogP contribution >= 0.6 is 0 Å². The molecule has 3 aromatic rings. The number of aromatic nitrogens is 1. The van der Waals surface area contributed by atoms with Crippen LogP contribution in [0.5, 0.6) is 5.75 Å². The molecule has 2 heterocycles. The van der Waals surface area contributed by atoms with Crippen molar-refractivity contribution in [1.82, 2.24) is 4.98 Å². The number of benzene rings is 2. The van der Waals surface area contributed by atoms with Gasteiger partial charge in [-0.3, -0.25) is 4.98 Å². The van der Waals surface area contributed by atoms with E-state index in [4.69, 9.17) is 11.3 Å². The van der Waals surface area contributed by atoms with E-state index < -0.39 is 0 Å². The smallest absolute Gasteiger partial charge is 0.194 e. The van der Waals surface area contributed by atoms with Crippen molar-refractivity contribution in [3.8, 4) is 5.75 Å². The highest BCUT2D eigenvalue weighted by atomic mass is 16.5. The van der Waals surface area contributed by atoms with Gasteiger partial charge in [-0.05, 0) is 16.8 Å². The van der Waals surface area contributed by atoms with Gasteiger partial charge < -0.3 is 4.74 Å². The Kier molecular flexibility index (Phi) is 2.29. The third kappa shape index (κ3) is 1.56. The first kappa shape index (κ1) is 12.2. The lowest BCUT2D eigenvalue weighted by Gasteiger charge is -2.14. The van der Waals surface area contributed by atoms with Gasteiger partial charge in [0, 0.05) is 22.6 Å². The van der Waals surface area contributed by atoms with Gasteiger partial charge in [-0.2, -0.15) is 0 Å². The van der Waals surface area contributed by atoms with Crippen LogP contribution < -0.4 is 4.74 Å². The van der Waals surface area contributed by atoms with Gasteiger partial charge in [0.15, 0.2) is 5.69 Å². The highest BCUT2D eigenvalue weighted by Crippen LogP contribution is 2.44. The SMILES string of the molecule is [C-]#[N+]c1cccc2c1ccc1c3c(cnc12)C(C)(C)CO3. The molecule has 1 aliphatic rings. The molecule has 0 fully saturated rings. The first-order chi connectivity index (χ1) is 10.1. The number of fused-ring (bicyclic) bond motifs is 5. The Morgan fingerprint density at radius 2 is 1.95 bits per heavy atom. The van der Waals surface area contributed by atoms with Gasteiger partial charge in [-0.1, -0.05) is 38.1 Å². The van der Waals surface area contributed by atoms with E-state index in [1.165, 1.54) is 0 Å². The molecule has 0 atom stereocenters. The van der Waals surface area contributed by atoms with Gasteiger partial charge >= 0.3 is 0 Å². The molecule has 0 unspecified atom stereocenters. The number of rotatable bonds is 0. The Balaban J connectivity index is 2.14. The van der Waals surface area contributed by atoms with Crippen LogP contribution in [-0.4, -0.2) is 11.6 Å². The predicted octanol–water partition coefficient (Wildman–Crippen LogP) is 4.61. The summed E-state index contributed by atoms with van der Waals surface area (Å²) in [4.78, 5) is 8.26. The quantitative estimate of drug-likeness (QED) is 0.442. The van der Waals surface area contributed by atoms with E-state index in [0.29, 0.717) is 12.3 Å². The van der Waals surface area contributed by atoms with Crippen molar-refractivity contribution >= 4 is 27.4 Å². The van der Waals surface area contributed by atoms with Crippen LogP contribution in [0.25, 0.3) is 26.5 Å². The molecule has 1 aromatic heterocycles. The third-order valence-corrected chi connectivity index (χ3v) is 4.25. The predicted molar refractivity (Wildman–Crippen MR) is 84.0 cm³/mol. The van der Waals surface area contributed by atoms with Crippen LogP contribution in [-0.2, 0) is 5.41 Å². The molecular formula is C18H14N2O. The summed E-state index contributed by atoms with van der Waals surface area (Å²) in [5, 5.41) is 2.99. The Labute approximate surface area is 123 Å². The fourth-order valence-corrected chi connectivity index (χ4v) is 3.05. The van der Waals surface area contributed by atoms with Crippen LogP contribution in [0.3, 0.4) is 0 Å². The summed E-state index contributed by atoms with van der Waals surface area (Å²) in [6, 6.07) is 9.80. The normalized spacial score (nSPS) is 15.7. The minimum atomic E-state index is 0.00381. The number of hydrogen-bond acceptors (Lipinski definition) is 2. The highest BCUT2D eigenvalue weighted by molar-refractivity contribution is 6.11. The maximum atomic E-state index is 7.29. The van der Waals surface area contributed by atoms with E-state index in [1.54, 1.807) is 0 Å². The third-order valence-electron chi connectivity index (χ3n) is 4.25. The molecular weight excluding hydrogens is 260 g/mol. The summed E-state index contributed by atoms with van der Waals surface area (Å²) in [7, 11) is 0. The molecule has 0 bridgehead atoms. The van der Waals surface area contributed by atoms with Gasteiger partial charge in [0.05, 0.1) is 18.7 Å². The molecule has 2 aromatic carbocycles. The Morgan fingerprint density at radius 3 is 2.76 bits per heavy atom. The second-order valence-corrected chi connectivity index (χ2v) is 6.12. The Hall–Kier alpha value is -2.60. The second kappa shape index (κ2) is 3.95. The van der Waals surface area contributed by atoms with E-state index in [1.807, 2.05) is 36.5 Å². The molecule has 21 heavy (non-hydrogen) atoms. The Bertz CT molecular complexity index is 935. The van der Waals surface area contributed by atoms with Crippen LogP contribution in [0, 0.1) is 6.57 Å². The highest BCUT2D eigenvalue weighted by Gasteiger charge is 2.33. The number of ether oxygens (including phenoxy) is 1. The molecule has 0 amide bonds. The summed E-state index contributed by atoms with van der Waals surface area (Å²) in [6.45, 7) is 12.3. The van der Waals surface area contributed by atoms with Crippen molar-refractivity contribution in [2.24, 2.45) is 0 Å². The van der Waals surface area contributed by atoms with E-state index in [9.17, 15) is 0 Å². The van der Waals surface area contributed by atoms with E-state index >= 15 is 0 Å². The van der Waals surface area contributed by atoms with Gasteiger partial charge in [0.1, 0.15) is 5.75 Å². The molecule has 0 saturated carbocycles. The van der Waals surface area contributed by atoms with Crippen molar-refractivity contribution in [2.45, 2.75) is 19.3 Å². The number of hydrogen-bond donors (Lipinski definition) is 0. The van der Waals surface area contributed by atoms with Crippen LogP contribution in [0.2, 0.25) is 0 Å². The molecule has 0 radical (unpaired) electrons. The fraction of sp³-hybridized carbons (Fsp3) is 0.222. The van der Waals surface area contributed by atoms with E-state index in [2.05, 4.69) is 23.7 Å². The van der Waals surface area contributed by atoms with E-state index in [0.717, 1.165) is 33.0 Å². The van der Waals surface area contributed by atoms with Gasteiger partial charge in [0.25, 0.3) is 0 Å². The summed E-state index contributed by atoms with van der Waals surface area (Å²) < 4.78 is 5.93. The molecule has 0 saturated heterocycles. The first-order valence-electron chi connectivity index (χ1n) is 6.97. The lowest BCUT2D eigenvalue weighted by atomic mass is 9.87. The minimum Gasteiger partial charge on any atom is -0.492 e. The fourth-order valence-electron chi connectivity index (χ4n) is 3.05. The van der Waals surface area contributed by atoms with Crippen LogP contribution in [0.4, 0.5) is 5.69 Å². The zero-order chi connectivity index (χ0) is 14.6. The van der Waals surface area contributed by atoms with E-state index in [-0.39, 0.29) is 5.41 Å². The van der Waals surface area contributed by atoms with Gasteiger partial charge in [0.2, 0.25) is 0 Å². The zero-order valence-corrected chi connectivity index (χ0v) is 12.0. The zero-order valence-electron chi connectivity index (χ0n) is 12.0. The molecule has 3 nitrogen and oxygen atoms in total. The standard InChI is InChI=1S/C18H14N2O/c1-18(2)10-21-17-13-8-7-11-12(5-4-6-15(11)19-3)16(13)20-9-14(17)18/h4-9H,10H2,1-2H3. The van der Waals surface area contributed by atoms with Crippen molar-refractivity contribution in [3.05, 3.63) is 53.5 Å². The molecule has 4 rings (SSSR count). The Morgan fingerprint density at radius 1 is 1.14 bits per heavy atom. The van der Waals surface area contributed by atoms with Crippen molar-refractivity contribution in [2.75, 3.05) is 6.61 Å². The largest absolute Gasteiger partial charge is 0.492 e. The monoisotopic (exact) mass is 274 g/mol. The minimum absolute atomic E-state index is 0.00381. The topological polar surface area (TPSA) is 26.5 Å². The molecule has 102 valence electrons. The summed E-state index contributed by atoms with van der Waals surface area (Å²) in [6.07, 6.45) is 1.93. The average molecular weight is 274 g/mol. The molecule has 3 heteroatoms. The van der Waals surface area contributed by atoms with Gasteiger partial charge in [-0.15, -0.1) is 0 Å². The van der Waals surface area contributed by atoms with Gasteiger partial charge in [-0.25, -0.2) is 4.85 Å². The molecule has 1 aliphatic heterocycles. The first-order valence-corrected chi connectivity index (χ1v) is 6.97. The summed E-state index contributed by atoms with van der Waals surface area (Å²) >= 11 is 0. The van der Waals surface area contributed by atoms with Crippen molar-refractivity contribution in [3.63, 3.8) is 0 Å². The lowest BCUT2D eigenvalue weighted by Crippen LogP contribution is -2.18. The molecule has 0 aliphatic carbocycles. The van der Waals surface area contributed by atoms with Crippen LogP contribution in [0.15, 0.2) is 36.5 Å². The molecule has 0 spiro atoms. The van der Waals surface area contributed by atoms with Crippen LogP contribution in [0.1, 0.15) is 19.4 Å². The summed E-state index contributed by atoms with van der Waals surface area (Å²) in [5.41, 5.74) is 2.74. The van der Waals surface area contributed by atoms with Crippen molar-refractivity contribution in [1.29, 1.82) is 0 Å². The number of pyridine rings is 1. The lowest BCUT2D eigenvalue weighted by molar-refractivity contribution is 0.293. The second-order valence-electron chi connectivity index (χ2n) is 6.12. The average Bonchev–Trinajstić information content (AvgIpc) is 2.82. The maximum absolute atomic E-state index is 7.29. The molecule has 0 N–H and O–H groups in total. The summed E-state index contributed by atoms with van der Waals surface area (Å²) in [5.74, 6) is 0.945. The maximum Gasteiger partial charge on any atom is 0.194 e. The van der Waals surface area contributed by atoms with Crippen molar-refractivity contribution < 1.29 is 4.74 Å².